The molecule has 0 N–H and O–H groups in total. The Morgan fingerprint density at radius 1 is 0.614 bits per heavy atom. The smallest absolute Gasteiger partial charge is 0.169 e. The van der Waals surface area contributed by atoms with Crippen LogP contribution >= 0.6 is 0 Å². The maximum atomic E-state index is 4.72. The first kappa shape index (κ1) is 28.6. The van der Waals surface area contributed by atoms with Crippen molar-refractivity contribution in [3.8, 4) is 17.1 Å². The largest absolute Gasteiger partial charge is 0.309 e. The van der Waals surface area contributed by atoms with Crippen molar-refractivity contribution in [2.75, 3.05) is 0 Å². The van der Waals surface area contributed by atoms with Gasteiger partial charge in [-0.2, -0.15) is 0 Å². The van der Waals surface area contributed by atoms with Crippen LogP contribution in [-0.4, -0.2) is 19.2 Å². The molecule has 0 atom stereocenters. The Labute approximate surface area is 258 Å². The topological polar surface area (TPSA) is 35.1 Å². The Morgan fingerprint density at radius 2 is 1.14 bits per heavy atom. The fraction of sp³-hybridized carbons (Fsp3) is 0.100. The Morgan fingerprint density at radius 3 is 1.70 bits per heavy atom. The Hall–Kier alpha value is -5.48. The predicted molar refractivity (Wildman–Crippen MR) is 189 cm³/mol. The van der Waals surface area contributed by atoms with Crippen molar-refractivity contribution in [2.45, 2.75) is 27.2 Å². The number of benzene rings is 5. The van der Waals surface area contributed by atoms with Gasteiger partial charge >= 0.3 is 0 Å². The van der Waals surface area contributed by atoms with Crippen molar-refractivity contribution in [3.63, 3.8) is 0 Å². The van der Waals surface area contributed by atoms with E-state index in [0.717, 1.165) is 33.6 Å². The molecule has 0 amide bonds. The van der Waals surface area contributed by atoms with Gasteiger partial charge in [0.25, 0.3) is 0 Å². The van der Waals surface area contributed by atoms with Gasteiger partial charge in [0.2, 0.25) is 0 Å². The summed E-state index contributed by atoms with van der Waals surface area (Å²) in [5, 5.41) is 15.4. The van der Waals surface area contributed by atoms with Crippen LogP contribution in [-0.2, 0) is 0 Å². The molecule has 5 aromatic carbocycles. The molecule has 3 aromatic heterocycles. The lowest BCUT2D eigenvalue weighted by Gasteiger charge is -2.11. The molecule has 0 aliphatic rings. The molecule has 0 saturated carbocycles. The standard InChI is InChI=1S/C32H20N4.C5H8.C3H8/c1-2-16-27-23(12-1)24-13-3-8-19-30(24)36-31(33-34-32(27)36)21-10-9-11-22(20-21)35-28-17-6-4-14-25(28)26-15-5-7-18-29(26)35;1-3-5-4-2;1-3-2/h1-20H;3-5H,1H2,2H3;3H2,1-2H3/b;5-4-;. The third-order valence-corrected chi connectivity index (χ3v) is 7.54. The van der Waals surface area contributed by atoms with Crippen LogP contribution in [0.25, 0.3) is 66.2 Å². The summed E-state index contributed by atoms with van der Waals surface area (Å²) in [4.78, 5) is 0. The normalized spacial score (nSPS) is 11.2. The summed E-state index contributed by atoms with van der Waals surface area (Å²) in [6, 6.07) is 42.7. The number of hydrogen-bond acceptors (Lipinski definition) is 2. The average molecular weight is 573 g/mol. The lowest BCUT2D eigenvalue weighted by Crippen LogP contribution is -1.97. The average Bonchev–Trinajstić information content (AvgIpc) is 3.67. The molecule has 4 heteroatoms. The van der Waals surface area contributed by atoms with E-state index < -0.39 is 0 Å². The molecule has 216 valence electrons. The molecule has 0 aliphatic carbocycles. The maximum Gasteiger partial charge on any atom is 0.169 e. The summed E-state index contributed by atoms with van der Waals surface area (Å²) in [7, 11) is 0. The minimum Gasteiger partial charge on any atom is -0.309 e. The van der Waals surface area contributed by atoms with Crippen LogP contribution in [0, 0.1) is 0 Å². The second-order valence-electron chi connectivity index (χ2n) is 10.6. The van der Waals surface area contributed by atoms with Gasteiger partial charge in [0, 0.05) is 32.8 Å². The van der Waals surface area contributed by atoms with Gasteiger partial charge in [-0.05, 0) is 42.6 Å². The van der Waals surface area contributed by atoms with E-state index in [9.17, 15) is 0 Å². The maximum absolute atomic E-state index is 4.72. The van der Waals surface area contributed by atoms with E-state index in [1.165, 1.54) is 39.0 Å². The van der Waals surface area contributed by atoms with E-state index in [4.69, 9.17) is 5.10 Å². The van der Waals surface area contributed by atoms with Crippen LogP contribution in [0.2, 0.25) is 0 Å². The summed E-state index contributed by atoms with van der Waals surface area (Å²) in [5.41, 5.74) is 6.50. The molecular weight excluding hydrogens is 536 g/mol. The summed E-state index contributed by atoms with van der Waals surface area (Å²) in [6.45, 7) is 9.67. The van der Waals surface area contributed by atoms with Gasteiger partial charge in [-0.3, -0.25) is 4.40 Å². The summed E-state index contributed by atoms with van der Waals surface area (Å²) in [6.07, 6.45) is 6.83. The van der Waals surface area contributed by atoms with Crippen molar-refractivity contribution in [1.82, 2.24) is 19.2 Å². The van der Waals surface area contributed by atoms with Crippen molar-refractivity contribution < 1.29 is 0 Å². The highest BCUT2D eigenvalue weighted by molar-refractivity contribution is 6.12. The fourth-order valence-corrected chi connectivity index (χ4v) is 5.80. The molecule has 0 saturated heterocycles. The van der Waals surface area contributed by atoms with Crippen molar-refractivity contribution in [2.24, 2.45) is 0 Å². The third-order valence-electron chi connectivity index (χ3n) is 7.54. The Kier molecular flexibility index (Phi) is 8.33. The van der Waals surface area contributed by atoms with Gasteiger partial charge in [0.05, 0.1) is 16.6 Å². The Bertz CT molecular complexity index is 2210. The zero-order chi connectivity index (χ0) is 30.5. The highest BCUT2D eigenvalue weighted by Crippen LogP contribution is 2.35. The number of para-hydroxylation sites is 3. The highest BCUT2D eigenvalue weighted by Gasteiger charge is 2.17. The zero-order valence-corrected chi connectivity index (χ0v) is 25.5. The van der Waals surface area contributed by atoms with Gasteiger partial charge < -0.3 is 4.57 Å². The summed E-state index contributed by atoms with van der Waals surface area (Å²) >= 11 is 0. The number of allylic oxidation sites excluding steroid dienone is 3. The van der Waals surface area contributed by atoms with Crippen LogP contribution in [0.5, 0.6) is 0 Å². The lowest BCUT2D eigenvalue weighted by atomic mass is 10.1. The van der Waals surface area contributed by atoms with Crippen LogP contribution in [0.3, 0.4) is 0 Å². The fourth-order valence-electron chi connectivity index (χ4n) is 5.80. The second-order valence-corrected chi connectivity index (χ2v) is 10.6. The van der Waals surface area contributed by atoms with E-state index in [-0.39, 0.29) is 0 Å². The molecule has 4 nitrogen and oxygen atoms in total. The molecule has 44 heavy (non-hydrogen) atoms. The first-order chi connectivity index (χ1) is 21.7. The van der Waals surface area contributed by atoms with Gasteiger partial charge in [-0.15, -0.1) is 10.2 Å². The third kappa shape index (κ3) is 5.05. The molecular formula is C40H36N4. The number of hydrogen-bond donors (Lipinski definition) is 0. The zero-order valence-electron chi connectivity index (χ0n) is 25.5. The molecule has 0 aliphatic heterocycles. The number of fused-ring (bicyclic) bond motifs is 9. The molecule has 8 aromatic rings. The summed E-state index contributed by atoms with van der Waals surface area (Å²) < 4.78 is 4.54. The predicted octanol–water partition coefficient (Wildman–Crippen LogP) is 11.0. The van der Waals surface area contributed by atoms with Gasteiger partial charge in [0.15, 0.2) is 11.5 Å². The van der Waals surface area contributed by atoms with Crippen LogP contribution in [0.1, 0.15) is 27.2 Å². The molecule has 0 fully saturated rings. The summed E-state index contributed by atoms with van der Waals surface area (Å²) in [5.74, 6) is 0.842. The first-order valence-electron chi connectivity index (χ1n) is 15.2. The van der Waals surface area contributed by atoms with E-state index in [1.807, 2.05) is 19.1 Å². The van der Waals surface area contributed by atoms with Crippen molar-refractivity contribution in [3.05, 3.63) is 146 Å². The lowest BCUT2D eigenvalue weighted by molar-refractivity contribution is 1.09. The molecule has 8 rings (SSSR count). The molecule has 0 radical (unpaired) electrons. The van der Waals surface area contributed by atoms with Crippen LogP contribution in [0.4, 0.5) is 0 Å². The number of pyridine rings is 1. The molecule has 3 heterocycles. The number of nitrogens with zero attached hydrogens (tertiary/aromatic N) is 4. The molecule has 0 bridgehead atoms. The minimum absolute atomic E-state index is 0.842. The first-order valence-corrected chi connectivity index (χ1v) is 15.2. The number of rotatable bonds is 3. The second kappa shape index (κ2) is 12.8. The van der Waals surface area contributed by atoms with E-state index >= 15 is 0 Å². The van der Waals surface area contributed by atoms with Gasteiger partial charge in [0.1, 0.15) is 0 Å². The quantitative estimate of drug-likeness (QED) is 0.156. The van der Waals surface area contributed by atoms with E-state index in [1.54, 1.807) is 6.08 Å². The molecule has 0 unspecified atom stereocenters. The van der Waals surface area contributed by atoms with E-state index in [0.29, 0.717) is 0 Å². The van der Waals surface area contributed by atoms with Crippen LogP contribution in [0.15, 0.2) is 146 Å². The SMILES string of the molecule is C=C/C=C\C.CCC.c1cc(-c2nnc3c4ccccc4c4ccccc4n23)cc(-n2c3ccccc3c3ccccc32)c1. The van der Waals surface area contributed by atoms with Crippen molar-refractivity contribution >= 4 is 49.1 Å². The minimum atomic E-state index is 0.842. The Balaban J connectivity index is 0.000000387. The molecule has 0 spiro atoms. The van der Waals surface area contributed by atoms with Crippen LogP contribution < -0.4 is 0 Å². The highest BCUT2D eigenvalue weighted by atomic mass is 15.2. The number of aromatic nitrogens is 4. The van der Waals surface area contributed by atoms with E-state index in [2.05, 4.69) is 156 Å². The van der Waals surface area contributed by atoms with Gasteiger partial charge in [-0.1, -0.05) is 136 Å². The van der Waals surface area contributed by atoms with Gasteiger partial charge in [-0.25, -0.2) is 0 Å². The van der Waals surface area contributed by atoms with Crippen molar-refractivity contribution in [1.29, 1.82) is 0 Å². The monoisotopic (exact) mass is 572 g/mol.